The number of rotatable bonds is 4. The standard InChI is InChI=1S/C19H16ClF3N2O2/c1-3-24-11(2)25(10-12-4-6-13(7-5-12)18(26)27)16-8-14(19(21,22)23)15(20)9-17(16)24/h4-9H,3,10H2,1-2H3/p+1. The van der Waals surface area contributed by atoms with Crippen molar-refractivity contribution in [1.82, 2.24) is 4.57 Å². The zero-order valence-corrected chi connectivity index (χ0v) is 15.4. The van der Waals surface area contributed by atoms with E-state index in [4.69, 9.17) is 16.7 Å². The molecule has 0 saturated heterocycles. The number of carboxylic acids is 1. The molecule has 1 N–H and O–H groups in total. The number of aromatic carboxylic acids is 1. The molecule has 3 rings (SSSR count). The average Bonchev–Trinajstić information content (AvgIpc) is 2.84. The molecule has 3 aromatic rings. The van der Waals surface area contributed by atoms with Gasteiger partial charge in [0.15, 0.2) is 11.0 Å². The average molecular weight is 398 g/mol. The molecule has 2 aromatic carbocycles. The number of carbonyl (C=O) groups is 1. The Kier molecular flexibility index (Phi) is 4.90. The zero-order valence-electron chi connectivity index (χ0n) is 14.6. The molecule has 0 radical (unpaired) electrons. The summed E-state index contributed by atoms with van der Waals surface area (Å²) in [4.78, 5) is 11.0. The van der Waals surface area contributed by atoms with Gasteiger partial charge in [-0.2, -0.15) is 13.2 Å². The Morgan fingerprint density at radius 3 is 2.37 bits per heavy atom. The van der Waals surface area contributed by atoms with Gasteiger partial charge < -0.3 is 5.11 Å². The van der Waals surface area contributed by atoms with Crippen molar-refractivity contribution < 1.29 is 27.6 Å². The first-order valence-electron chi connectivity index (χ1n) is 8.25. The third-order valence-corrected chi connectivity index (χ3v) is 4.90. The first-order valence-corrected chi connectivity index (χ1v) is 8.63. The number of hydrogen-bond donors (Lipinski definition) is 1. The van der Waals surface area contributed by atoms with Crippen molar-refractivity contribution in [2.75, 3.05) is 0 Å². The third kappa shape index (κ3) is 3.51. The summed E-state index contributed by atoms with van der Waals surface area (Å²) in [5.74, 6) is -0.248. The number of alkyl halides is 3. The van der Waals surface area contributed by atoms with Crippen LogP contribution in [0.4, 0.5) is 13.2 Å². The Hall–Kier alpha value is -2.54. The molecule has 0 atom stereocenters. The number of aromatic nitrogens is 2. The number of imidazole rings is 1. The molecule has 1 heterocycles. The molecule has 0 unspecified atom stereocenters. The molecule has 4 nitrogen and oxygen atoms in total. The lowest BCUT2D eigenvalue weighted by atomic mass is 10.1. The number of nitrogens with zero attached hydrogens (tertiary/aromatic N) is 2. The molecule has 0 amide bonds. The summed E-state index contributed by atoms with van der Waals surface area (Å²) in [6, 6.07) is 8.69. The number of aryl methyl sites for hydroxylation is 1. The van der Waals surface area contributed by atoms with Gasteiger partial charge in [-0.25, -0.2) is 13.9 Å². The second-order valence-corrected chi connectivity index (χ2v) is 6.61. The molecule has 0 saturated carbocycles. The van der Waals surface area contributed by atoms with Crippen LogP contribution in [0.2, 0.25) is 5.02 Å². The smallest absolute Gasteiger partial charge is 0.418 e. The Morgan fingerprint density at radius 2 is 1.85 bits per heavy atom. The molecule has 1 aromatic heterocycles. The van der Waals surface area contributed by atoms with Crippen molar-refractivity contribution in [1.29, 1.82) is 0 Å². The van der Waals surface area contributed by atoms with E-state index in [1.807, 2.05) is 18.4 Å². The number of benzene rings is 2. The van der Waals surface area contributed by atoms with Crippen LogP contribution < -0.4 is 4.57 Å². The van der Waals surface area contributed by atoms with Crippen molar-refractivity contribution in [2.24, 2.45) is 0 Å². The first-order chi connectivity index (χ1) is 12.6. The van der Waals surface area contributed by atoms with Gasteiger partial charge in [0.2, 0.25) is 0 Å². The van der Waals surface area contributed by atoms with Gasteiger partial charge in [-0.1, -0.05) is 23.7 Å². The van der Waals surface area contributed by atoms with Gasteiger partial charge in [-0.15, -0.1) is 0 Å². The molecule has 0 fully saturated rings. The number of hydrogen-bond acceptors (Lipinski definition) is 1. The van der Waals surface area contributed by atoms with Gasteiger partial charge in [0.1, 0.15) is 6.54 Å². The minimum Gasteiger partial charge on any atom is -0.478 e. The van der Waals surface area contributed by atoms with E-state index < -0.39 is 17.7 Å². The minimum atomic E-state index is -4.55. The van der Waals surface area contributed by atoms with E-state index in [1.165, 1.54) is 18.2 Å². The van der Waals surface area contributed by atoms with Crippen LogP contribution in [0, 0.1) is 6.92 Å². The third-order valence-electron chi connectivity index (χ3n) is 4.59. The quantitative estimate of drug-likeness (QED) is 0.650. The molecular weight excluding hydrogens is 381 g/mol. The Bertz CT molecular complexity index is 1020. The Labute approximate surface area is 158 Å². The number of halogens is 4. The van der Waals surface area contributed by atoms with E-state index in [1.54, 1.807) is 16.7 Å². The predicted molar refractivity (Wildman–Crippen MR) is 95.1 cm³/mol. The highest BCUT2D eigenvalue weighted by atomic mass is 35.5. The van der Waals surface area contributed by atoms with Gasteiger partial charge in [0, 0.05) is 19.1 Å². The topological polar surface area (TPSA) is 46.1 Å². The van der Waals surface area contributed by atoms with Crippen LogP contribution in [0.3, 0.4) is 0 Å². The van der Waals surface area contributed by atoms with Crippen LogP contribution >= 0.6 is 11.6 Å². The fourth-order valence-electron chi connectivity index (χ4n) is 3.23. The summed E-state index contributed by atoms with van der Waals surface area (Å²) in [6.45, 7) is 4.63. The van der Waals surface area contributed by atoms with E-state index >= 15 is 0 Å². The van der Waals surface area contributed by atoms with Crippen LogP contribution in [0.1, 0.15) is 34.2 Å². The maximum atomic E-state index is 13.3. The maximum absolute atomic E-state index is 13.3. The summed E-state index contributed by atoms with van der Waals surface area (Å²) >= 11 is 5.89. The van der Waals surface area contributed by atoms with Gasteiger partial charge >= 0.3 is 12.1 Å². The van der Waals surface area contributed by atoms with Crippen LogP contribution in [0.15, 0.2) is 36.4 Å². The summed E-state index contributed by atoms with van der Waals surface area (Å²) in [5, 5.41) is 8.66. The second-order valence-electron chi connectivity index (χ2n) is 6.20. The van der Waals surface area contributed by atoms with Gasteiger partial charge in [0.05, 0.1) is 22.7 Å². The fourth-order valence-corrected chi connectivity index (χ4v) is 3.49. The van der Waals surface area contributed by atoms with Crippen molar-refractivity contribution in [3.8, 4) is 0 Å². The molecule has 0 aliphatic carbocycles. The summed E-state index contributed by atoms with van der Waals surface area (Å²) in [7, 11) is 0. The minimum absolute atomic E-state index is 0.155. The van der Waals surface area contributed by atoms with Gasteiger partial charge in [-0.05, 0) is 24.6 Å². The summed E-state index contributed by atoms with van der Waals surface area (Å²) < 4.78 is 43.5. The van der Waals surface area contributed by atoms with Crippen molar-refractivity contribution in [2.45, 2.75) is 33.1 Å². The maximum Gasteiger partial charge on any atom is 0.418 e. The van der Waals surface area contributed by atoms with Gasteiger partial charge in [0.25, 0.3) is 5.82 Å². The van der Waals surface area contributed by atoms with Crippen LogP contribution in [0.5, 0.6) is 0 Å². The lowest BCUT2D eigenvalue weighted by Gasteiger charge is -2.08. The summed E-state index contributed by atoms with van der Waals surface area (Å²) in [5.41, 5.74) is 1.11. The molecule has 0 bridgehead atoms. The molecule has 0 spiro atoms. The predicted octanol–water partition coefficient (Wildman–Crippen LogP) is 4.68. The van der Waals surface area contributed by atoms with Crippen LogP contribution in [-0.2, 0) is 19.3 Å². The highest BCUT2D eigenvalue weighted by Gasteiger charge is 2.36. The van der Waals surface area contributed by atoms with E-state index in [9.17, 15) is 18.0 Å². The van der Waals surface area contributed by atoms with Crippen molar-refractivity contribution in [3.63, 3.8) is 0 Å². The number of fused-ring (bicyclic) bond motifs is 1. The molecular formula is C19H17ClF3N2O2+. The lowest BCUT2D eigenvalue weighted by molar-refractivity contribution is -0.669. The SMILES string of the molecule is CCn1c(C)[n+](Cc2ccc(C(=O)O)cc2)c2cc(C(F)(F)F)c(Cl)cc21. The van der Waals surface area contributed by atoms with E-state index in [0.29, 0.717) is 24.1 Å². The normalized spacial score (nSPS) is 11.9. The van der Waals surface area contributed by atoms with Crippen LogP contribution in [-0.4, -0.2) is 15.6 Å². The van der Waals surface area contributed by atoms with Crippen molar-refractivity contribution >= 4 is 28.6 Å². The largest absolute Gasteiger partial charge is 0.478 e. The lowest BCUT2D eigenvalue weighted by Crippen LogP contribution is -2.37. The highest BCUT2D eigenvalue weighted by molar-refractivity contribution is 6.32. The Balaban J connectivity index is 2.16. The van der Waals surface area contributed by atoms with E-state index in [2.05, 4.69) is 0 Å². The molecule has 142 valence electrons. The first kappa shape index (κ1) is 19.2. The Morgan fingerprint density at radius 1 is 1.22 bits per heavy atom. The van der Waals surface area contributed by atoms with E-state index in [-0.39, 0.29) is 10.6 Å². The highest BCUT2D eigenvalue weighted by Crippen LogP contribution is 2.37. The molecule has 8 heteroatoms. The molecule has 0 aliphatic rings. The molecule has 0 aliphatic heterocycles. The molecule has 27 heavy (non-hydrogen) atoms. The summed E-state index contributed by atoms with van der Waals surface area (Å²) in [6.07, 6.45) is -4.55. The van der Waals surface area contributed by atoms with E-state index in [0.717, 1.165) is 17.5 Å². The van der Waals surface area contributed by atoms with Gasteiger partial charge in [-0.3, -0.25) is 0 Å². The second kappa shape index (κ2) is 6.88. The number of carboxylic acid groups (broad SMARTS) is 1. The monoisotopic (exact) mass is 397 g/mol. The fraction of sp³-hybridized carbons (Fsp3) is 0.263. The van der Waals surface area contributed by atoms with Crippen LogP contribution in [0.25, 0.3) is 11.0 Å². The zero-order chi connectivity index (χ0) is 19.9. The van der Waals surface area contributed by atoms with Crippen molar-refractivity contribution in [3.05, 3.63) is 63.9 Å².